The normalized spacial score (nSPS) is 17.0. The Morgan fingerprint density at radius 3 is 1.80 bits per heavy atom. The van der Waals surface area contributed by atoms with Gasteiger partial charge in [-0.3, -0.25) is 13.9 Å². The van der Waals surface area contributed by atoms with Gasteiger partial charge in [0.1, 0.15) is 11.2 Å². The molecule has 0 saturated carbocycles. The van der Waals surface area contributed by atoms with Crippen LogP contribution in [-0.4, -0.2) is 0 Å². The van der Waals surface area contributed by atoms with Crippen molar-refractivity contribution in [3.63, 3.8) is 0 Å². The number of hydrogen-bond acceptors (Lipinski definition) is 2. The largest absolute Gasteiger partial charge is 0.456 e. The number of fused-ring (bicyclic) bond motifs is 14. The second-order valence-corrected chi connectivity index (χ2v) is 17.8. The van der Waals surface area contributed by atoms with Crippen LogP contribution in [0.15, 0.2) is 191 Å². The maximum atomic E-state index is 17.2. The molecule has 1 spiro atoms. The summed E-state index contributed by atoms with van der Waals surface area (Å²) in [6.45, 7) is 0. The number of furan rings is 1. The lowest BCUT2D eigenvalue weighted by Crippen LogP contribution is -2.27. The maximum Gasteiger partial charge on any atom is 0.301 e. The highest BCUT2D eigenvalue weighted by Crippen LogP contribution is 2.73. The number of anilines is 4. The summed E-state index contributed by atoms with van der Waals surface area (Å²) in [6.07, 6.45) is 0. The van der Waals surface area contributed by atoms with Gasteiger partial charge in [-0.2, -0.15) is 0 Å². The Morgan fingerprint density at radius 1 is 0.473 bits per heavy atom. The average Bonchev–Trinajstić information content (AvgIpc) is 3.93. The summed E-state index contributed by atoms with van der Waals surface area (Å²) >= 11 is 3.81. The first kappa shape index (κ1) is 31.2. The van der Waals surface area contributed by atoms with E-state index in [9.17, 15) is 0 Å². The van der Waals surface area contributed by atoms with Crippen molar-refractivity contribution in [3.8, 4) is 22.3 Å². The molecule has 260 valence electrons. The lowest BCUT2D eigenvalue weighted by molar-refractivity contribution is 0.582. The summed E-state index contributed by atoms with van der Waals surface area (Å²) in [7, 11) is -3.76. The standard InChI is InChI=1S/C49H30BrN2O2P/c50-31-28-29-41-44(30-31)52(43-25-13-27-46-48(43)36-19-7-11-26-45(36)54-46)55(53,32-14-2-1-3-15-32)51(41)42-24-12-23-40-47(42)35-18-6-10-22-39(35)49(40)37-20-8-4-16-33(37)34-17-5-9-21-38(34)49/h1-30H. The lowest BCUT2D eigenvalue weighted by Gasteiger charge is -2.35. The van der Waals surface area contributed by atoms with Gasteiger partial charge in [0.2, 0.25) is 0 Å². The summed E-state index contributed by atoms with van der Waals surface area (Å²) in [5, 5.41) is 2.66. The molecule has 2 heterocycles. The Morgan fingerprint density at radius 2 is 1.04 bits per heavy atom. The molecule has 55 heavy (non-hydrogen) atoms. The van der Waals surface area contributed by atoms with Crippen LogP contribution >= 0.6 is 23.4 Å². The molecule has 0 fully saturated rings. The molecule has 0 saturated heterocycles. The van der Waals surface area contributed by atoms with Gasteiger partial charge in [0.25, 0.3) is 0 Å². The highest BCUT2D eigenvalue weighted by atomic mass is 79.9. The van der Waals surface area contributed by atoms with Crippen molar-refractivity contribution in [1.82, 2.24) is 0 Å². The summed E-state index contributed by atoms with van der Waals surface area (Å²) in [4.78, 5) is 0. The molecule has 1 unspecified atom stereocenters. The molecule has 3 aliphatic rings. The van der Waals surface area contributed by atoms with Crippen molar-refractivity contribution in [2.24, 2.45) is 0 Å². The van der Waals surface area contributed by atoms with Gasteiger partial charge in [-0.15, -0.1) is 0 Å². The third-order valence-corrected chi connectivity index (χ3v) is 15.3. The van der Waals surface area contributed by atoms with Gasteiger partial charge in [0.15, 0.2) is 0 Å². The Balaban J connectivity index is 1.20. The molecule has 1 atom stereocenters. The van der Waals surface area contributed by atoms with Gasteiger partial charge in [-0.1, -0.05) is 143 Å². The molecule has 0 bridgehead atoms. The van der Waals surface area contributed by atoms with Gasteiger partial charge in [0, 0.05) is 15.4 Å². The Kier molecular flexibility index (Phi) is 6.37. The first-order valence-electron chi connectivity index (χ1n) is 18.5. The van der Waals surface area contributed by atoms with Gasteiger partial charge in [0.05, 0.1) is 38.9 Å². The Labute approximate surface area is 326 Å². The van der Waals surface area contributed by atoms with Crippen molar-refractivity contribution < 1.29 is 8.98 Å². The van der Waals surface area contributed by atoms with Crippen molar-refractivity contribution in [3.05, 3.63) is 209 Å². The number of benzene rings is 8. The van der Waals surface area contributed by atoms with E-state index in [4.69, 9.17) is 4.42 Å². The summed E-state index contributed by atoms with van der Waals surface area (Å²) in [5.74, 6) is 0. The van der Waals surface area contributed by atoms with Crippen molar-refractivity contribution in [1.29, 1.82) is 0 Å². The molecule has 6 heteroatoms. The van der Waals surface area contributed by atoms with E-state index < -0.39 is 12.9 Å². The van der Waals surface area contributed by atoms with Crippen LogP contribution in [0, 0.1) is 0 Å². The SMILES string of the molecule is O=P1(c2ccccc2)N(c2cccc3c2-c2ccccc2C32c3ccccc3-c3ccccc32)c2ccc(Br)cc2N1c1cccc2oc3ccccc3c12. The van der Waals surface area contributed by atoms with Gasteiger partial charge in [-0.05, 0) is 93.5 Å². The van der Waals surface area contributed by atoms with Crippen LogP contribution in [-0.2, 0) is 9.98 Å². The van der Waals surface area contributed by atoms with Crippen molar-refractivity contribution in [2.75, 3.05) is 9.34 Å². The van der Waals surface area contributed by atoms with E-state index in [2.05, 4.69) is 147 Å². The van der Waals surface area contributed by atoms with Crippen LogP contribution in [0.2, 0.25) is 0 Å². The molecule has 0 radical (unpaired) electrons. The molecule has 1 aliphatic heterocycles. The van der Waals surface area contributed by atoms with Crippen molar-refractivity contribution in [2.45, 2.75) is 5.41 Å². The molecule has 1 aromatic heterocycles. The zero-order valence-corrected chi connectivity index (χ0v) is 31.8. The predicted molar refractivity (Wildman–Crippen MR) is 229 cm³/mol. The first-order chi connectivity index (χ1) is 27.1. The first-order valence-corrected chi connectivity index (χ1v) is 20.9. The maximum absolute atomic E-state index is 17.2. The van der Waals surface area contributed by atoms with E-state index >= 15 is 4.57 Å². The van der Waals surface area contributed by atoms with Crippen LogP contribution < -0.4 is 14.6 Å². The molecule has 0 amide bonds. The molecule has 9 aromatic rings. The second kappa shape index (κ2) is 11.2. The van der Waals surface area contributed by atoms with E-state index in [1.54, 1.807) is 0 Å². The molecular weight excluding hydrogens is 759 g/mol. The second-order valence-electron chi connectivity index (χ2n) is 14.5. The van der Waals surface area contributed by atoms with E-state index in [0.717, 1.165) is 65.6 Å². The molecule has 0 N–H and O–H groups in total. The third-order valence-electron chi connectivity index (χ3n) is 11.9. The minimum absolute atomic E-state index is 0.533. The average molecular weight is 790 g/mol. The molecular formula is C49H30BrN2O2P. The van der Waals surface area contributed by atoms with E-state index in [0.29, 0.717) is 0 Å². The fourth-order valence-corrected chi connectivity index (χ4v) is 13.2. The number of rotatable bonds is 3. The van der Waals surface area contributed by atoms with Crippen LogP contribution in [0.25, 0.3) is 44.2 Å². The quantitative estimate of drug-likeness (QED) is 0.167. The van der Waals surface area contributed by atoms with Gasteiger partial charge >= 0.3 is 7.44 Å². The highest BCUT2D eigenvalue weighted by molar-refractivity contribution is 9.10. The smallest absolute Gasteiger partial charge is 0.301 e. The van der Waals surface area contributed by atoms with Gasteiger partial charge in [-0.25, -0.2) is 0 Å². The summed E-state index contributed by atoms with van der Waals surface area (Å²) < 4.78 is 28.8. The fourth-order valence-electron chi connectivity index (χ4n) is 9.86. The Hall–Kier alpha value is -6.13. The molecule has 12 rings (SSSR count). The van der Waals surface area contributed by atoms with E-state index in [1.807, 2.05) is 60.7 Å². The number of nitrogens with zero attached hydrogens (tertiary/aromatic N) is 2. The lowest BCUT2D eigenvalue weighted by atomic mass is 9.70. The molecule has 8 aromatic carbocycles. The topological polar surface area (TPSA) is 36.7 Å². The van der Waals surface area contributed by atoms with Crippen molar-refractivity contribution >= 4 is 73.4 Å². The Bertz CT molecular complexity index is 3090. The zero-order valence-electron chi connectivity index (χ0n) is 29.4. The summed E-state index contributed by atoms with van der Waals surface area (Å²) in [6, 6.07) is 63.6. The fraction of sp³-hybridized carbons (Fsp3) is 0.0204. The number of hydrogen-bond donors (Lipinski definition) is 0. The van der Waals surface area contributed by atoms with Crippen LogP contribution in [0.1, 0.15) is 22.3 Å². The van der Waals surface area contributed by atoms with Crippen LogP contribution in [0.4, 0.5) is 22.7 Å². The third kappa shape index (κ3) is 3.89. The van der Waals surface area contributed by atoms with E-state index in [-0.39, 0.29) is 0 Å². The monoisotopic (exact) mass is 788 g/mol. The molecule has 4 nitrogen and oxygen atoms in total. The zero-order chi connectivity index (χ0) is 36.5. The van der Waals surface area contributed by atoms with Gasteiger partial charge < -0.3 is 4.42 Å². The summed E-state index contributed by atoms with van der Waals surface area (Å²) in [5.41, 5.74) is 14.2. The number of para-hydroxylation sites is 1. The predicted octanol–water partition coefficient (Wildman–Crippen LogP) is 13.5. The molecule has 2 aliphatic carbocycles. The van der Waals surface area contributed by atoms with Crippen LogP contribution in [0.5, 0.6) is 0 Å². The number of halogens is 1. The minimum Gasteiger partial charge on any atom is -0.456 e. The van der Waals surface area contributed by atoms with E-state index in [1.165, 1.54) is 33.4 Å². The van der Waals surface area contributed by atoms with Crippen LogP contribution in [0.3, 0.4) is 0 Å². The highest BCUT2D eigenvalue weighted by Gasteiger charge is 2.55. The minimum atomic E-state index is -3.76.